The Labute approximate surface area is 221 Å². The number of methoxy groups -OCH3 is 1. The van der Waals surface area contributed by atoms with Crippen LogP contribution in [0, 0.1) is 19.3 Å². The largest absolute Gasteiger partial charge is 0.468 e. The van der Waals surface area contributed by atoms with Gasteiger partial charge in [-0.25, -0.2) is 0 Å². The van der Waals surface area contributed by atoms with Crippen LogP contribution in [0.15, 0.2) is 41.5 Å². The van der Waals surface area contributed by atoms with E-state index in [0.717, 1.165) is 36.3 Å². The summed E-state index contributed by atoms with van der Waals surface area (Å²) in [6, 6.07) is 9.30. The fourth-order valence-corrected chi connectivity index (χ4v) is 6.21. The molecule has 0 unspecified atom stereocenters. The number of allylic oxidation sites excluding steroid dienone is 1. The van der Waals surface area contributed by atoms with Gasteiger partial charge in [-0.15, -0.1) is 0 Å². The van der Waals surface area contributed by atoms with Gasteiger partial charge in [0.05, 0.1) is 19.3 Å². The molecule has 0 saturated carbocycles. The molecule has 1 amide bonds. The van der Waals surface area contributed by atoms with E-state index >= 15 is 0 Å². The Morgan fingerprint density at radius 1 is 1.19 bits per heavy atom. The Morgan fingerprint density at radius 3 is 2.65 bits per heavy atom. The normalized spacial score (nSPS) is 21.8. The van der Waals surface area contributed by atoms with E-state index in [9.17, 15) is 9.59 Å². The summed E-state index contributed by atoms with van der Waals surface area (Å²) < 4.78 is 7.08. The Balaban J connectivity index is 1.41. The molecular weight excluding hydrogens is 464 g/mol. The molecule has 2 aromatic rings. The van der Waals surface area contributed by atoms with Gasteiger partial charge in [0.25, 0.3) is 5.91 Å². The van der Waals surface area contributed by atoms with Crippen molar-refractivity contribution in [2.45, 2.75) is 85.4 Å². The average molecular weight is 507 g/mol. The smallest absolute Gasteiger partial charge is 0.323 e. The second-order valence-corrected chi connectivity index (χ2v) is 11.5. The minimum atomic E-state index is -0.333. The van der Waals surface area contributed by atoms with Crippen LogP contribution in [0.5, 0.6) is 0 Å². The number of esters is 1. The van der Waals surface area contributed by atoms with Crippen LogP contribution < -0.4 is 5.32 Å². The molecule has 1 N–H and O–H groups in total. The third-order valence-corrected chi connectivity index (χ3v) is 8.17. The molecule has 2 atom stereocenters. The predicted molar refractivity (Wildman–Crippen MR) is 145 cm³/mol. The maximum atomic E-state index is 13.2. The van der Waals surface area contributed by atoms with E-state index < -0.39 is 0 Å². The van der Waals surface area contributed by atoms with Crippen molar-refractivity contribution in [2.24, 2.45) is 5.41 Å². The van der Waals surface area contributed by atoms with E-state index in [2.05, 4.69) is 36.1 Å². The van der Waals surface area contributed by atoms with E-state index in [0.29, 0.717) is 25.1 Å². The van der Waals surface area contributed by atoms with E-state index in [1.807, 2.05) is 48.9 Å². The number of likely N-dealkylation sites (tertiary alicyclic amines) is 1. The summed E-state index contributed by atoms with van der Waals surface area (Å²) in [6.45, 7) is 13.0. The topological polar surface area (TPSA) is 76.5 Å². The molecule has 1 aliphatic heterocycles. The number of hydrogen-bond acceptors (Lipinski definition) is 5. The standard InChI is InChI=1S/C30H42N4O3/c1-20-9-8-13-30(4,5)26(20)12-14-33-19-25(17-27(33)29(36)37-6)31-28(35)24-11-7-10-23(16-24)18-34-22(3)15-21(2)32-34/h7,10-11,15-16,25,27H,8-9,12-14,17-19H2,1-6H3,(H,31,35)/t25-,27+/m1/s1. The van der Waals surface area contributed by atoms with Crippen LogP contribution in [0.4, 0.5) is 0 Å². The molecule has 0 radical (unpaired) electrons. The van der Waals surface area contributed by atoms with Gasteiger partial charge in [0, 0.05) is 30.4 Å². The van der Waals surface area contributed by atoms with Gasteiger partial charge in [-0.2, -0.15) is 5.10 Å². The molecule has 0 bridgehead atoms. The van der Waals surface area contributed by atoms with Crippen molar-refractivity contribution in [2.75, 3.05) is 20.2 Å². The van der Waals surface area contributed by atoms with Crippen molar-refractivity contribution < 1.29 is 14.3 Å². The Morgan fingerprint density at radius 2 is 1.97 bits per heavy atom. The fraction of sp³-hybridized carbons (Fsp3) is 0.567. The zero-order chi connectivity index (χ0) is 26.7. The van der Waals surface area contributed by atoms with Crippen molar-refractivity contribution in [3.05, 3.63) is 64.0 Å². The van der Waals surface area contributed by atoms with Gasteiger partial charge in [0.15, 0.2) is 0 Å². The average Bonchev–Trinajstić information content (AvgIpc) is 3.39. The highest BCUT2D eigenvalue weighted by atomic mass is 16.5. The number of rotatable bonds is 8. The van der Waals surface area contributed by atoms with Crippen LogP contribution in [0.1, 0.15) is 80.2 Å². The van der Waals surface area contributed by atoms with Gasteiger partial charge >= 0.3 is 5.97 Å². The van der Waals surface area contributed by atoms with Crippen LogP contribution in [0.3, 0.4) is 0 Å². The van der Waals surface area contributed by atoms with Crippen molar-refractivity contribution in [3.8, 4) is 0 Å². The van der Waals surface area contributed by atoms with Crippen LogP contribution in [-0.4, -0.2) is 58.8 Å². The molecule has 7 nitrogen and oxygen atoms in total. The first-order valence-corrected chi connectivity index (χ1v) is 13.5. The summed E-state index contributed by atoms with van der Waals surface area (Å²) in [5.41, 5.74) is 6.94. The maximum Gasteiger partial charge on any atom is 0.323 e. The van der Waals surface area contributed by atoms with Gasteiger partial charge in [-0.05, 0) is 82.1 Å². The third-order valence-electron chi connectivity index (χ3n) is 8.17. The van der Waals surface area contributed by atoms with E-state index in [-0.39, 0.29) is 29.4 Å². The second-order valence-electron chi connectivity index (χ2n) is 11.5. The van der Waals surface area contributed by atoms with Crippen molar-refractivity contribution >= 4 is 11.9 Å². The summed E-state index contributed by atoms with van der Waals surface area (Å²) in [7, 11) is 1.44. The molecule has 2 aliphatic rings. The number of aryl methyl sites for hydroxylation is 2. The molecule has 1 saturated heterocycles. The number of hydrogen-bond donors (Lipinski definition) is 1. The number of ether oxygens (including phenoxy) is 1. The molecule has 1 aromatic carbocycles. The first-order valence-electron chi connectivity index (χ1n) is 13.5. The van der Waals surface area contributed by atoms with Gasteiger partial charge in [0.1, 0.15) is 6.04 Å². The maximum absolute atomic E-state index is 13.2. The summed E-state index contributed by atoms with van der Waals surface area (Å²) in [6.07, 6.45) is 5.12. The Hall–Kier alpha value is -2.93. The third kappa shape index (κ3) is 6.32. The Kier molecular flexibility index (Phi) is 8.22. The molecule has 2 heterocycles. The molecular formula is C30H42N4O3. The highest BCUT2D eigenvalue weighted by Gasteiger charge is 2.39. The van der Waals surface area contributed by atoms with Crippen LogP contribution in [-0.2, 0) is 16.1 Å². The minimum Gasteiger partial charge on any atom is -0.468 e. The quantitative estimate of drug-likeness (QED) is 0.411. The zero-order valence-electron chi connectivity index (χ0n) is 23.3. The highest BCUT2D eigenvalue weighted by molar-refractivity contribution is 5.94. The molecule has 1 fully saturated rings. The second kappa shape index (κ2) is 11.2. The minimum absolute atomic E-state index is 0.106. The van der Waals surface area contributed by atoms with Crippen molar-refractivity contribution in [1.29, 1.82) is 0 Å². The van der Waals surface area contributed by atoms with Crippen LogP contribution >= 0.6 is 0 Å². The van der Waals surface area contributed by atoms with Crippen LogP contribution in [0.25, 0.3) is 0 Å². The van der Waals surface area contributed by atoms with Gasteiger partial charge in [-0.3, -0.25) is 19.2 Å². The summed E-state index contributed by atoms with van der Waals surface area (Å²) in [5.74, 6) is -0.338. The molecule has 200 valence electrons. The Bertz CT molecular complexity index is 1180. The van der Waals surface area contributed by atoms with E-state index in [4.69, 9.17) is 4.74 Å². The van der Waals surface area contributed by atoms with Crippen LogP contribution in [0.2, 0.25) is 0 Å². The number of aromatic nitrogens is 2. The molecule has 1 aromatic heterocycles. The summed E-state index contributed by atoms with van der Waals surface area (Å²) >= 11 is 0. The lowest BCUT2D eigenvalue weighted by molar-refractivity contribution is -0.145. The number of benzene rings is 1. The summed E-state index contributed by atoms with van der Waals surface area (Å²) in [4.78, 5) is 28.0. The monoisotopic (exact) mass is 506 g/mol. The molecule has 7 heteroatoms. The molecule has 37 heavy (non-hydrogen) atoms. The summed E-state index contributed by atoms with van der Waals surface area (Å²) in [5, 5.41) is 7.71. The van der Waals surface area contributed by atoms with Gasteiger partial charge < -0.3 is 10.1 Å². The van der Waals surface area contributed by atoms with Crippen molar-refractivity contribution in [3.63, 3.8) is 0 Å². The lowest BCUT2D eigenvalue weighted by atomic mass is 9.71. The number of carbonyl (C=O) groups excluding carboxylic acids is 2. The van der Waals surface area contributed by atoms with Crippen molar-refractivity contribution in [1.82, 2.24) is 20.0 Å². The van der Waals surface area contributed by atoms with E-state index in [1.165, 1.54) is 31.1 Å². The first kappa shape index (κ1) is 27.1. The van der Waals surface area contributed by atoms with E-state index in [1.54, 1.807) is 0 Å². The lowest BCUT2D eigenvalue weighted by Gasteiger charge is -2.36. The number of carbonyl (C=O) groups is 2. The predicted octanol–water partition coefficient (Wildman–Crippen LogP) is 4.81. The lowest BCUT2D eigenvalue weighted by Crippen LogP contribution is -2.39. The first-order chi connectivity index (χ1) is 17.6. The number of nitrogens with one attached hydrogen (secondary N) is 1. The highest BCUT2D eigenvalue weighted by Crippen LogP contribution is 2.42. The molecule has 1 aliphatic carbocycles. The van der Waals surface area contributed by atoms with Gasteiger partial charge in [-0.1, -0.05) is 37.1 Å². The fourth-order valence-electron chi connectivity index (χ4n) is 6.21. The number of nitrogens with zero attached hydrogens (tertiary/aromatic N) is 3. The molecule has 0 spiro atoms. The number of amides is 1. The molecule has 4 rings (SSSR count). The van der Waals surface area contributed by atoms with Gasteiger partial charge in [0.2, 0.25) is 0 Å². The zero-order valence-corrected chi connectivity index (χ0v) is 23.3. The SMILES string of the molecule is COC(=O)[C@@H]1C[C@@H](NC(=O)c2cccc(Cn3nc(C)cc3C)c2)CN1CCC1=C(C)CCCC1(C)C.